The fraction of sp³-hybridized carbons (Fsp3) is 0.465. The molecule has 0 spiro atoms. The van der Waals surface area contributed by atoms with Crippen molar-refractivity contribution in [2.75, 3.05) is 41.1 Å². The van der Waals surface area contributed by atoms with E-state index in [4.69, 9.17) is 18.9 Å². The summed E-state index contributed by atoms with van der Waals surface area (Å²) in [7, 11) is 1.11. The van der Waals surface area contributed by atoms with E-state index in [2.05, 4.69) is 274 Å². The number of esters is 3. The number of carbonyl (C=O) groups is 3. The number of hydrogen-bond acceptors (Lipinski definition) is 7. The number of fused-ring (bicyclic) bond motifs is 1. The molecule has 10 aromatic carbocycles. The molecule has 12 aliphatic carbocycles. The Bertz CT molecular complexity index is 5100. The Balaban J connectivity index is 0.000000107. The zero-order valence-corrected chi connectivity index (χ0v) is 80.2. The van der Waals surface area contributed by atoms with Crippen LogP contribution in [0.5, 0.6) is 17.2 Å². The molecule has 0 N–H and O–H groups in total. The van der Waals surface area contributed by atoms with Crippen LogP contribution in [0, 0.1) is 118 Å². The minimum Gasteiger partial charge on any atom is -0.481 e. The van der Waals surface area contributed by atoms with E-state index in [0.717, 1.165) is 137 Å². The molecule has 12 saturated carbocycles. The van der Waals surface area contributed by atoms with Crippen molar-refractivity contribution >= 4 is 83.2 Å². The monoisotopic (exact) mass is 1780 g/mol. The van der Waals surface area contributed by atoms with E-state index in [9.17, 15) is 14.4 Å². The first-order valence-electron chi connectivity index (χ1n) is 48.2. The van der Waals surface area contributed by atoms with E-state index < -0.39 is 0 Å². The fourth-order valence-corrected chi connectivity index (χ4v) is 36.8. The van der Waals surface area contributed by atoms with Gasteiger partial charge < -0.3 is 18.9 Å². The van der Waals surface area contributed by atoms with Gasteiger partial charge in [-0.25, -0.2) is 4.79 Å². The zero-order chi connectivity index (χ0) is 86.6. The summed E-state index contributed by atoms with van der Waals surface area (Å²) < 4.78 is 24.3. The van der Waals surface area contributed by atoms with Crippen molar-refractivity contribution in [2.24, 2.45) is 70.0 Å². The molecule has 12 bridgehead atoms. The summed E-state index contributed by atoms with van der Waals surface area (Å²) in [6.45, 7) is 17.1. The molecule has 126 heavy (non-hydrogen) atoms. The van der Waals surface area contributed by atoms with Gasteiger partial charge in [0.05, 0.1) is 32.6 Å². The lowest BCUT2D eigenvalue weighted by Crippen LogP contribution is -2.51. The van der Waals surface area contributed by atoms with Crippen LogP contribution in [0.2, 0.25) is 0 Å². The molecular formula is C114H135O7S5+5. The van der Waals surface area contributed by atoms with Gasteiger partial charge >= 0.3 is 17.9 Å². The molecule has 3 saturated heterocycles. The Morgan fingerprint density at radius 2 is 0.675 bits per heavy atom. The Morgan fingerprint density at radius 3 is 1.05 bits per heavy atom. The second-order valence-electron chi connectivity index (χ2n) is 40.1. The van der Waals surface area contributed by atoms with Crippen LogP contribution in [0.4, 0.5) is 0 Å². The van der Waals surface area contributed by atoms with Crippen LogP contribution >= 0.6 is 0 Å². The zero-order valence-electron chi connectivity index (χ0n) is 76.2. The topological polar surface area (TPSA) is 88.1 Å². The molecule has 0 atom stereocenters. The van der Waals surface area contributed by atoms with Gasteiger partial charge in [0.15, 0.2) is 50.7 Å². The second-order valence-corrected chi connectivity index (χ2v) is 50.9. The number of rotatable bonds is 18. The Hall–Kier alpha value is -7.58. The van der Waals surface area contributed by atoms with Crippen LogP contribution in [0.1, 0.15) is 206 Å². The van der Waals surface area contributed by atoms with Gasteiger partial charge in [0, 0.05) is 43.5 Å². The highest BCUT2D eigenvalue weighted by Crippen LogP contribution is 2.63. The first kappa shape index (κ1) is 89.0. The minimum absolute atomic E-state index is 0.0118. The van der Waals surface area contributed by atoms with Crippen molar-refractivity contribution in [1.29, 1.82) is 0 Å². The Morgan fingerprint density at radius 1 is 0.349 bits per heavy atom. The van der Waals surface area contributed by atoms with Crippen molar-refractivity contribution in [3.8, 4) is 17.2 Å². The van der Waals surface area contributed by atoms with E-state index in [1.165, 1.54) is 222 Å². The summed E-state index contributed by atoms with van der Waals surface area (Å²) in [6, 6.07) is 79.4. The average molecular weight is 1780 g/mol. The van der Waals surface area contributed by atoms with E-state index in [-0.39, 0.29) is 63.2 Å². The summed E-state index contributed by atoms with van der Waals surface area (Å²) in [5, 5.41) is 2.41. The number of hydrogen-bond donors (Lipinski definition) is 0. The maximum absolute atomic E-state index is 13.3. The molecule has 25 rings (SSSR count). The van der Waals surface area contributed by atoms with Gasteiger partial charge in [-0.1, -0.05) is 127 Å². The molecule has 7 nitrogen and oxygen atoms in total. The van der Waals surface area contributed by atoms with Crippen LogP contribution in [-0.2, 0) is 80.0 Å². The van der Waals surface area contributed by atoms with Gasteiger partial charge in [-0.3, -0.25) is 9.59 Å². The number of benzene rings is 10. The summed E-state index contributed by atoms with van der Waals surface area (Å²) >= 11 is 0. The molecule has 0 unspecified atom stereocenters. The smallest absolute Gasteiger partial charge is 0.344 e. The third-order valence-corrected chi connectivity index (χ3v) is 42.3. The molecule has 12 heteroatoms. The summed E-state index contributed by atoms with van der Waals surface area (Å²) in [5.41, 5.74) is 9.58. The molecule has 15 fully saturated rings. The number of aryl methyl sites for hydroxylation is 8. The van der Waals surface area contributed by atoms with E-state index in [1.807, 2.05) is 0 Å². The quantitative estimate of drug-likeness (QED) is 0.0480. The Kier molecular flexibility index (Phi) is 28.3. The lowest BCUT2D eigenvalue weighted by atomic mass is 9.49. The largest absolute Gasteiger partial charge is 0.481 e. The van der Waals surface area contributed by atoms with Gasteiger partial charge in [0.25, 0.3) is 0 Å². The van der Waals surface area contributed by atoms with Gasteiger partial charge in [-0.15, -0.1) is 0 Å². The lowest BCUT2D eigenvalue weighted by Gasteiger charge is -2.55. The standard InChI is InChI=1S/C26H31O3S.C24H33O2S.C23H31O2S.C21H21S.C20H19S/c27-25(29-26-19-12-17-11-18(14-19)15-20(26)13-17)16-28-23-7-8-24(30-9-3-4-10-30)22-6-2-1-5-21(22)23;1-16-8-21(27-6-4-3-5-7-27)9-17(2)22(16)26-23(25)24-13-18-10-19(14-24)12-20(11-18)15-24;1-15-7-20(26-5-3-4-6-26)8-16(2)21(15)25-22(24)23-12-17-9-18(13-23)11-19(10-17)14-23;1-16-4-10-19(11-5-16)22(20-12-6-17(2)7-13-20)21-14-8-18(3)9-15-21;1-2-17-13-15-20(16-14-17)21(18-9-5-3-6-10-18)19-11-7-4-8-12-19/h1-2,5-8,17-20,26H,3-4,9-16H2;8-9,18-20H,3-7,10-15H2,1-2H3;7-8,17-19H,3-6,9-14H2,1-2H3;4-15H,1-3H3;3-16H,2H2,1H3/q5*+1. The molecule has 15 aliphatic rings. The highest BCUT2D eigenvalue weighted by Gasteiger charge is 2.58. The molecule has 658 valence electrons. The first-order valence-corrected chi connectivity index (χ1v) is 55.4. The molecule has 0 aromatic heterocycles. The number of ether oxygens (including phenoxy) is 4. The molecule has 0 radical (unpaired) electrons. The maximum Gasteiger partial charge on any atom is 0.344 e. The van der Waals surface area contributed by atoms with Crippen molar-refractivity contribution < 1.29 is 33.3 Å². The van der Waals surface area contributed by atoms with Gasteiger partial charge in [-0.2, -0.15) is 0 Å². The highest BCUT2D eigenvalue weighted by molar-refractivity contribution is 7.98. The molecule has 3 aliphatic heterocycles. The van der Waals surface area contributed by atoms with Crippen molar-refractivity contribution in [1.82, 2.24) is 0 Å². The van der Waals surface area contributed by atoms with E-state index in [1.54, 1.807) is 0 Å². The van der Waals surface area contributed by atoms with E-state index in [0.29, 0.717) is 44.5 Å². The molecular weight excluding hydrogens is 1640 g/mol. The summed E-state index contributed by atoms with van der Waals surface area (Å²) in [5.74, 6) is 18.1. The van der Waals surface area contributed by atoms with Crippen LogP contribution in [0.15, 0.2) is 262 Å². The number of carbonyl (C=O) groups excluding carboxylic acids is 3. The highest BCUT2D eigenvalue weighted by atomic mass is 32.2. The van der Waals surface area contributed by atoms with Crippen molar-refractivity contribution in [2.45, 2.75) is 266 Å². The fourth-order valence-electron chi connectivity index (χ4n) is 25.3. The van der Waals surface area contributed by atoms with Gasteiger partial charge in [-0.05, 0) is 411 Å². The predicted octanol–water partition coefficient (Wildman–Crippen LogP) is 27.2. The lowest BCUT2D eigenvalue weighted by molar-refractivity contribution is -0.172. The third kappa shape index (κ3) is 20.4. The molecule has 10 aromatic rings. The van der Waals surface area contributed by atoms with Crippen LogP contribution in [0.25, 0.3) is 10.8 Å². The first-order chi connectivity index (χ1) is 61.3. The minimum atomic E-state index is -0.196. The molecule has 0 amide bonds. The van der Waals surface area contributed by atoms with Crippen molar-refractivity contribution in [3.63, 3.8) is 0 Å². The van der Waals surface area contributed by atoms with Crippen molar-refractivity contribution in [3.05, 3.63) is 263 Å². The predicted molar refractivity (Wildman–Crippen MR) is 526 cm³/mol. The Labute approximate surface area is 767 Å². The van der Waals surface area contributed by atoms with Crippen LogP contribution in [-0.4, -0.2) is 65.1 Å². The third-order valence-electron chi connectivity index (χ3n) is 30.4. The average Bonchev–Trinajstić information content (AvgIpc) is 1.06. The summed E-state index contributed by atoms with van der Waals surface area (Å²) in [6.07, 6.45) is 31.9. The van der Waals surface area contributed by atoms with E-state index >= 15 is 0 Å². The van der Waals surface area contributed by atoms with Gasteiger partial charge in [0.1, 0.15) is 57.9 Å². The molecule has 3 heterocycles. The van der Waals surface area contributed by atoms with Gasteiger partial charge in [0.2, 0.25) is 0 Å². The second kappa shape index (κ2) is 40.0. The normalized spacial score (nSPS) is 26.4. The maximum atomic E-state index is 13.3. The SMILES string of the molecule is CCc1ccc([S+](c2ccccc2)c2ccccc2)cc1.Cc1cc([S+]2CCCC2)cc(C)c1OC(=O)C12CC3CC(CC(C3)C1)C2.Cc1cc([S+]2CCCCC2)cc(C)c1OC(=O)C12CC3CC(CC(C3)C1)C2.Cc1ccc([S+](c2ccc(C)cc2)c2ccc(C)cc2)cc1.O=C(COc1ccc([S+]2CCCC2)c2ccccc12)OC1C2CC3CC(C2)CC1C3. The summed E-state index contributed by atoms with van der Waals surface area (Å²) in [4.78, 5) is 52.0. The van der Waals surface area contributed by atoms with Crippen LogP contribution in [0.3, 0.4) is 0 Å². The van der Waals surface area contributed by atoms with Crippen LogP contribution < -0.4 is 14.2 Å².